The van der Waals surface area contributed by atoms with Gasteiger partial charge in [0.05, 0.1) is 20.4 Å². The van der Waals surface area contributed by atoms with Gasteiger partial charge >= 0.3 is 0 Å². The van der Waals surface area contributed by atoms with Crippen LogP contribution < -0.4 is 14.4 Å². The summed E-state index contributed by atoms with van der Waals surface area (Å²) >= 11 is 0. The Balaban J connectivity index is 1.62. The molecule has 1 saturated heterocycles. The average Bonchev–Trinajstić information content (AvgIpc) is 3.04. The van der Waals surface area contributed by atoms with Gasteiger partial charge in [0.1, 0.15) is 11.6 Å². The summed E-state index contributed by atoms with van der Waals surface area (Å²) in [6, 6.07) is 4.36. The van der Waals surface area contributed by atoms with Crippen LogP contribution in [0.1, 0.15) is 30.5 Å². The predicted octanol–water partition coefficient (Wildman–Crippen LogP) is 2.70. The molecule has 0 radical (unpaired) electrons. The van der Waals surface area contributed by atoms with Gasteiger partial charge < -0.3 is 18.9 Å². The van der Waals surface area contributed by atoms with Crippen molar-refractivity contribution in [1.29, 1.82) is 0 Å². The molecule has 1 fully saturated rings. The van der Waals surface area contributed by atoms with Gasteiger partial charge in [-0.3, -0.25) is 0 Å². The Morgan fingerprint density at radius 2 is 1.56 bits per heavy atom. The number of ether oxygens (including phenoxy) is 2. The summed E-state index contributed by atoms with van der Waals surface area (Å²) in [5.74, 6) is 4.25. The van der Waals surface area contributed by atoms with Crippen molar-refractivity contribution >= 4 is 16.6 Å². The molecule has 0 aliphatic carbocycles. The zero-order valence-corrected chi connectivity index (χ0v) is 16.1. The molecule has 27 heavy (non-hydrogen) atoms. The maximum absolute atomic E-state index is 5.47. The van der Waals surface area contributed by atoms with Crippen LogP contribution in [0.4, 0.5) is 5.82 Å². The smallest absolute Gasteiger partial charge is 0.161 e. The maximum atomic E-state index is 5.47. The molecule has 0 atom stereocenters. The first-order valence-corrected chi connectivity index (χ1v) is 9.13. The van der Waals surface area contributed by atoms with Crippen LogP contribution in [-0.2, 0) is 0 Å². The summed E-state index contributed by atoms with van der Waals surface area (Å²) in [6.07, 6.45) is 3.80. The van der Waals surface area contributed by atoms with Gasteiger partial charge in [0.25, 0.3) is 0 Å². The number of rotatable bonds is 4. The van der Waals surface area contributed by atoms with E-state index in [9.17, 15) is 0 Å². The summed E-state index contributed by atoms with van der Waals surface area (Å²) in [5.41, 5.74) is 0. The second-order valence-electron chi connectivity index (χ2n) is 6.85. The molecule has 8 heteroatoms. The zero-order valence-electron chi connectivity index (χ0n) is 16.1. The van der Waals surface area contributed by atoms with Gasteiger partial charge in [-0.2, -0.15) is 5.10 Å². The van der Waals surface area contributed by atoms with Gasteiger partial charge in [0.2, 0.25) is 0 Å². The Morgan fingerprint density at radius 3 is 2.19 bits per heavy atom. The highest BCUT2D eigenvalue weighted by atomic mass is 16.5. The topological polar surface area (TPSA) is 78.2 Å². The van der Waals surface area contributed by atoms with Gasteiger partial charge in [-0.25, -0.2) is 0 Å². The molecule has 4 rings (SSSR count). The number of aromatic nitrogens is 5. The fraction of sp³-hybridized carbons (Fsp3) is 0.474. The number of aryl methyl sites for hydroxylation is 2. The van der Waals surface area contributed by atoms with Crippen molar-refractivity contribution in [3.05, 3.63) is 30.0 Å². The standard InChI is InChI=1S/C19H24N6O2/c1-12-21-22-13(2)25(12)15-5-7-24(8-6-15)19-16-10-18(27-4)17(26-3)9-14(16)11-20-23-19/h9-11,15H,5-8H2,1-4H3. The van der Waals surface area contributed by atoms with E-state index in [4.69, 9.17) is 9.47 Å². The highest BCUT2D eigenvalue weighted by Crippen LogP contribution is 2.36. The van der Waals surface area contributed by atoms with E-state index in [2.05, 4.69) is 29.9 Å². The lowest BCUT2D eigenvalue weighted by Crippen LogP contribution is -2.36. The minimum atomic E-state index is 0.425. The van der Waals surface area contributed by atoms with Crippen molar-refractivity contribution in [2.75, 3.05) is 32.2 Å². The molecule has 1 aliphatic heterocycles. The molecule has 0 bridgehead atoms. The first kappa shape index (κ1) is 17.5. The van der Waals surface area contributed by atoms with Gasteiger partial charge in [0.15, 0.2) is 17.3 Å². The van der Waals surface area contributed by atoms with Gasteiger partial charge in [0, 0.05) is 29.9 Å². The third kappa shape index (κ3) is 3.05. The summed E-state index contributed by atoms with van der Waals surface area (Å²) in [7, 11) is 3.28. The van der Waals surface area contributed by atoms with Crippen molar-refractivity contribution in [3.63, 3.8) is 0 Å². The molecule has 0 unspecified atom stereocenters. The third-order valence-electron chi connectivity index (χ3n) is 5.31. The Kier molecular flexibility index (Phi) is 4.55. The number of methoxy groups -OCH3 is 2. The Labute approximate surface area is 158 Å². The summed E-state index contributed by atoms with van der Waals surface area (Å²) < 4.78 is 13.1. The van der Waals surface area contributed by atoms with Gasteiger partial charge in [-0.1, -0.05) is 0 Å². The third-order valence-corrected chi connectivity index (χ3v) is 5.31. The number of anilines is 1. The summed E-state index contributed by atoms with van der Waals surface area (Å²) in [5, 5.41) is 19.0. The fourth-order valence-electron chi connectivity index (χ4n) is 3.97. The van der Waals surface area contributed by atoms with E-state index in [1.807, 2.05) is 26.0 Å². The van der Waals surface area contributed by atoms with E-state index in [-0.39, 0.29) is 0 Å². The molecule has 0 amide bonds. The molecule has 0 saturated carbocycles. The van der Waals surface area contributed by atoms with Crippen LogP contribution in [-0.4, -0.2) is 52.3 Å². The first-order valence-electron chi connectivity index (χ1n) is 9.13. The lowest BCUT2D eigenvalue weighted by Gasteiger charge is -2.34. The second kappa shape index (κ2) is 7.02. The van der Waals surface area contributed by atoms with Crippen LogP contribution in [0.2, 0.25) is 0 Å². The van der Waals surface area contributed by atoms with Crippen LogP contribution in [0, 0.1) is 13.8 Å². The molecule has 3 aromatic rings. The Hall–Kier alpha value is -2.90. The van der Waals surface area contributed by atoms with Crippen molar-refractivity contribution < 1.29 is 9.47 Å². The van der Waals surface area contributed by atoms with E-state index in [1.54, 1.807) is 20.4 Å². The van der Waals surface area contributed by atoms with Crippen LogP contribution in [0.15, 0.2) is 18.3 Å². The molecule has 1 aliphatic rings. The van der Waals surface area contributed by atoms with E-state index in [1.165, 1.54) is 0 Å². The van der Waals surface area contributed by atoms with Gasteiger partial charge in [-0.15, -0.1) is 15.3 Å². The minimum Gasteiger partial charge on any atom is -0.493 e. The summed E-state index contributed by atoms with van der Waals surface area (Å²) in [6.45, 7) is 5.85. The van der Waals surface area contributed by atoms with E-state index in [0.717, 1.165) is 54.2 Å². The maximum Gasteiger partial charge on any atom is 0.161 e. The highest BCUT2D eigenvalue weighted by molar-refractivity contribution is 5.94. The SMILES string of the molecule is COc1cc2cnnc(N3CCC(n4c(C)nnc4C)CC3)c2cc1OC. The monoisotopic (exact) mass is 368 g/mol. The molecule has 142 valence electrons. The largest absolute Gasteiger partial charge is 0.493 e. The first-order chi connectivity index (χ1) is 13.1. The Bertz CT molecular complexity index is 943. The Morgan fingerprint density at radius 1 is 0.926 bits per heavy atom. The average molecular weight is 368 g/mol. The normalized spacial score (nSPS) is 15.3. The van der Waals surface area contributed by atoms with E-state index >= 15 is 0 Å². The number of piperidine rings is 1. The number of nitrogens with zero attached hydrogens (tertiary/aromatic N) is 6. The number of hydrogen-bond donors (Lipinski definition) is 0. The second-order valence-corrected chi connectivity index (χ2v) is 6.85. The molecular weight excluding hydrogens is 344 g/mol. The lowest BCUT2D eigenvalue weighted by atomic mass is 10.0. The fourth-order valence-corrected chi connectivity index (χ4v) is 3.97. The van der Waals surface area contributed by atoms with Crippen LogP contribution in [0.3, 0.4) is 0 Å². The van der Waals surface area contributed by atoms with Crippen molar-refractivity contribution in [1.82, 2.24) is 25.0 Å². The molecule has 8 nitrogen and oxygen atoms in total. The highest BCUT2D eigenvalue weighted by Gasteiger charge is 2.25. The predicted molar refractivity (Wildman–Crippen MR) is 103 cm³/mol. The molecule has 0 spiro atoms. The van der Waals surface area contributed by atoms with E-state index < -0.39 is 0 Å². The molecular formula is C19H24N6O2. The zero-order chi connectivity index (χ0) is 19.0. The summed E-state index contributed by atoms with van der Waals surface area (Å²) in [4.78, 5) is 2.30. The van der Waals surface area contributed by atoms with Crippen molar-refractivity contribution in [2.24, 2.45) is 0 Å². The van der Waals surface area contributed by atoms with Crippen molar-refractivity contribution in [2.45, 2.75) is 32.7 Å². The lowest BCUT2D eigenvalue weighted by molar-refractivity contribution is 0.356. The molecule has 3 heterocycles. The quantitative estimate of drug-likeness (QED) is 0.700. The van der Waals surface area contributed by atoms with Crippen LogP contribution >= 0.6 is 0 Å². The number of benzene rings is 1. The minimum absolute atomic E-state index is 0.425. The molecule has 2 aromatic heterocycles. The number of hydrogen-bond acceptors (Lipinski definition) is 7. The van der Waals surface area contributed by atoms with Crippen LogP contribution in [0.25, 0.3) is 10.8 Å². The van der Waals surface area contributed by atoms with Crippen LogP contribution in [0.5, 0.6) is 11.5 Å². The van der Waals surface area contributed by atoms with Gasteiger partial charge in [-0.05, 0) is 38.8 Å². The van der Waals surface area contributed by atoms with E-state index in [0.29, 0.717) is 17.5 Å². The van der Waals surface area contributed by atoms with Crippen molar-refractivity contribution in [3.8, 4) is 11.5 Å². The molecule has 1 aromatic carbocycles. The molecule has 0 N–H and O–H groups in total. The number of fused-ring (bicyclic) bond motifs is 1.